The monoisotopic (exact) mass is 128 g/mol. The first kappa shape index (κ1) is 10.8. The highest BCUT2D eigenvalue weighted by molar-refractivity contribution is 5.37. The first-order chi connectivity index (χ1) is 4.33. The van der Waals surface area contributed by atoms with Gasteiger partial charge in [0.05, 0.1) is 0 Å². The lowest BCUT2D eigenvalue weighted by molar-refractivity contribution is -0.127. The van der Waals surface area contributed by atoms with Gasteiger partial charge in [0.15, 0.2) is 0 Å². The Morgan fingerprint density at radius 2 is 2.00 bits per heavy atom. The zero-order valence-corrected chi connectivity index (χ0v) is 5.67. The van der Waals surface area contributed by atoms with Crippen LogP contribution >= 0.6 is 0 Å². The third-order valence-corrected chi connectivity index (χ3v) is 0.282. The van der Waals surface area contributed by atoms with E-state index in [1.54, 1.807) is 6.08 Å². The lowest BCUT2D eigenvalue weighted by Crippen LogP contribution is -1.83. The van der Waals surface area contributed by atoms with Crippen LogP contribution in [0.4, 0.5) is 0 Å². The van der Waals surface area contributed by atoms with Gasteiger partial charge < -0.3 is 4.74 Å². The molecule has 0 aromatic carbocycles. The van der Waals surface area contributed by atoms with Gasteiger partial charge in [-0.2, -0.15) is 0 Å². The van der Waals surface area contributed by atoms with Crippen molar-refractivity contribution in [1.82, 2.24) is 0 Å². The lowest BCUT2D eigenvalue weighted by Gasteiger charge is -1.82. The van der Waals surface area contributed by atoms with Gasteiger partial charge in [-0.25, -0.2) is 0 Å². The van der Waals surface area contributed by atoms with Crippen molar-refractivity contribution in [2.24, 2.45) is 0 Å². The summed E-state index contributed by atoms with van der Waals surface area (Å²) in [7, 11) is 0. The summed E-state index contributed by atoms with van der Waals surface area (Å²) < 4.78 is 4.18. The number of allylic oxidation sites excluding steroid dienone is 1. The Morgan fingerprint density at radius 3 is 2.11 bits per heavy atom. The van der Waals surface area contributed by atoms with Crippen LogP contribution in [-0.4, -0.2) is 13.1 Å². The third-order valence-electron chi connectivity index (χ3n) is 0.282. The van der Waals surface area contributed by atoms with Crippen molar-refractivity contribution in [3.8, 4) is 0 Å². The Bertz CT molecular complexity index is 69.0. The van der Waals surface area contributed by atoms with Gasteiger partial charge in [0.25, 0.3) is 6.47 Å². The number of ether oxygens (including phenoxy) is 1. The summed E-state index contributed by atoms with van der Waals surface area (Å²) in [5.74, 6) is 0. The smallest absolute Gasteiger partial charge is 0.293 e. The van der Waals surface area contributed by atoms with E-state index in [1.807, 2.05) is 6.92 Å². The zero-order chi connectivity index (χ0) is 7.54. The van der Waals surface area contributed by atoms with Crippen molar-refractivity contribution in [1.29, 1.82) is 0 Å². The predicted octanol–water partition coefficient (Wildman–Crippen LogP) is 1.54. The maximum absolute atomic E-state index is 9.29. The van der Waals surface area contributed by atoms with Gasteiger partial charge in [-0.15, -0.1) is 6.58 Å². The van der Waals surface area contributed by atoms with E-state index in [0.717, 1.165) is 0 Å². The van der Waals surface area contributed by atoms with Crippen LogP contribution in [0.1, 0.15) is 6.92 Å². The fourth-order valence-electron chi connectivity index (χ4n) is 0.107. The molecule has 0 aliphatic heterocycles. The SMILES string of the molecule is C=CC.C=CCOC=O. The fourth-order valence-corrected chi connectivity index (χ4v) is 0.107. The molecule has 0 aromatic rings. The highest BCUT2D eigenvalue weighted by Crippen LogP contribution is 1.62. The van der Waals surface area contributed by atoms with Crippen molar-refractivity contribution < 1.29 is 9.53 Å². The maximum Gasteiger partial charge on any atom is 0.293 e. The second-order valence-corrected chi connectivity index (χ2v) is 1.13. The van der Waals surface area contributed by atoms with Gasteiger partial charge in [0.1, 0.15) is 6.61 Å². The number of carbonyl (C=O) groups excluding carboxylic acids is 1. The quantitative estimate of drug-likeness (QED) is 0.327. The number of carbonyl (C=O) groups is 1. The van der Waals surface area contributed by atoms with Crippen LogP contribution < -0.4 is 0 Å². The molecule has 0 aromatic heterocycles. The molecule has 0 N–H and O–H groups in total. The van der Waals surface area contributed by atoms with Crippen LogP contribution in [0.2, 0.25) is 0 Å². The minimum Gasteiger partial charge on any atom is -0.464 e. The highest BCUT2D eigenvalue weighted by Gasteiger charge is 1.65. The maximum atomic E-state index is 9.29. The van der Waals surface area contributed by atoms with Gasteiger partial charge in [0, 0.05) is 0 Å². The van der Waals surface area contributed by atoms with Crippen LogP contribution in [0.3, 0.4) is 0 Å². The Balaban J connectivity index is 0. The van der Waals surface area contributed by atoms with Crippen molar-refractivity contribution in [2.45, 2.75) is 6.92 Å². The molecular weight excluding hydrogens is 116 g/mol. The normalized spacial score (nSPS) is 5.89. The molecule has 0 aliphatic carbocycles. The minimum atomic E-state index is 0.309. The van der Waals surface area contributed by atoms with Gasteiger partial charge in [0.2, 0.25) is 0 Å². The Hall–Kier alpha value is -1.05. The molecule has 0 bridgehead atoms. The first-order valence-electron chi connectivity index (χ1n) is 2.56. The largest absolute Gasteiger partial charge is 0.464 e. The fraction of sp³-hybridized carbons (Fsp3) is 0.286. The Labute approximate surface area is 55.8 Å². The van der Waals surface area contributed by atoms with Gasteiger partial charge in [-0.05, 0) is 6.92 Å². The summed E-state index contributed by atoms with van der Waals surface area (Å²) in [5, 5.41) is 0. The van der Waals surface area contributed by atoms with Gasteiger partial charge in [-0.3, -0.25) is 4.79 Å². The first-order valence-corrected chi connectivity index (χ1v) is 2.56. The summed E-state index contributed by atoms with van der Waals surface area (Å²) in [6.07, 6.45) is 3.26. The van der Waals surface area contributed by atoms with E-state index in [9.17, 15) is 4.79 Å². The van der Waals surface area contributed by atoms with Crippen LogP contribution in [0, 0.1) is 0 Å². The molecule has 0 amide bonds. The number of rotatable bonds is 3. The molecule has 52 valence electrons. The molecule has 0 atom stereocenters. The third kappa shape index (κ3) is 44.8. The van der Waals surface area contributed by atoms with E-state index >= 15 is 0 Å². The van der Waals surface area contributed by atoms with E-state index in [4.69, 9.17) is 0 Å². The molecule has 0 saturated carbocycles. The van der Waals surface area contributed by atoms with Crippen LogP contribution in [0.15, 0.2) is 25.3 Å². The molecule has 9 heavy (non-hydrogen) atoms. The number of hydrogen-bond acceptors (Lipinski definition) is 2. The standard InChI is InChI=1S/C4H6O2.C3H6/c1-2-3-6-4-5;1-3-2/h2,4H,1,3H2;3H,1H2,2H3. The zero-order valence-electron chi connectivity index (χ0n) is 5.67. The molecule has 0 radical (unpaired) electrons. The summed E-state index contributed by atoms with van der Waals surface area (Å²) in [6, 6.07) is 0. The van der Waals surface area contributed by atoms with Gasteiger partial charge >= 0.3 is 0 Å². The van der Waals surface area contributed by atoms with Crippen molar-refractivity contribution in [3.05, 3.63) is 25.3 Å². The molecule has 0 spiro atoms. The van der Waals surface area contributed by atoms with Crippen molar-refractivity contribution >= 4 is 6.47 Å². The van der Waals surface area contributed by atoms with Crippen LogP contribution in [0.5, 0.6) is 0 Å². The van der Waals surface area contributed by atoms with E-state index in [-0.39, 0.29) is 0 Å². The molecule has 0 heterocycles. The van der Waals surface area contributed by atoms with E-state index in [2.05, 4.69) is 17.9 Å². The molecule has 0 rings (SSSR count). The van der Waals surface area contributed by atoms with Crippen LogP contribution in [0.25, 0.3) is 0 Å². The average Bonchev–Trinajstić information content (AvgIpc) is 1.86. The molecule has 0 unspecified atom stereocenters. The molecule has 0 fully saturated rings. The minimum absolute atomic E-state index is 0.309. The summed E-state index contributed by atoms with van der Waals surface area (Å²) in [6.45, 7) is 9.26. The Morgan fingerprint density at radius 1 is 1.56 bits per heavy atom. The van der Waals surface area contributed by atoms with E-state index in [0.29, 0.717) is 13.1 Å². The van der Waals surface area contributed by atoms with E-state index < -0.39 is 0 Å². The average molecular weight is 128 g/mol. The van der Waals surface area contributed by atoms with Crippen molar-refractivity contribution in [2.75, 3.05) is 6.61 Å². The molecular formula is C7H12O2. The summed E-state index contributed by atoms with van der Waals surface area (Å²) >= 11 is 0. The second kappa shape index (κ2) is 15.8. The summed E-state index contributed by atoms with van der Waals surface area (Å²) in [5.41, 5.74) is 0. The van der Waals surface area contributed by atoms with Crippen LogP contribution in [-0.2, 0) is 9.53 Å². The highest BCUT2D eigenvalue weighted by atomic mass is 16.5. The van der Waals surface area contributed by atoms with E-state index in [1.165, 1.54) is 6.08 Å². The lowest BCUT2D eigenvalue weighted by atomic mass is 10.7. The summed E-state index contributed by atoms with van der Waals surface area (Å²) in [4.78, 5) is 9.29. The van der Waals surface area contributed by atoms with Gasteiger partial charge in [-0.1, -0.05) is 18.7 Å². The molecule has 0 aliphatic rings. The Kier molecular flexibility index (Phi) is 19.0. The number of hydrogen-bond donors (Lipinski definition) is 0. The topological polar surface area (TPSA) is 26.3 Å². The van der Waals surface area contributed by atoms with Crippen molar-refractivity contribution in [3.63, 3.8) is 0 Å². The molecule has 2 heteroatoms. The predicted molar refractivity (Wildman–Crippen MR) is 38.1 cm³/mol. The molecule has 2 nitrogen and oxygen atoms in total. The second-order valence-electron chi connectivity index (χ2n) is 1.13. The molecule has 0 saturated heterocycles.